The van der Waals surface area contributed by atoms with Crippen molar-refractivity contribution < 1.29 is 22.7 Å². The molecule has 0 fully saturated rings. The van der Waals surface area contributed by atoms with Crippen molar-refractivity contribution in [1.82, 2.24) is 14.4 Å². The van der Waals surface area contributed by atoms with Crippen LogP contribution < -0.4 is 10.1 Å². The molecule has 1 amide bonds. The molecule has 0 spiro atoms. The number of ether oxygens (including phenoxy) is 1. The van der Waals surface area contributed by atoms with Crippen LogP contribution in [-0.4, -0.2) is 27.4 Å². The molecule has 4 aromatic rings. The van der Waals surface area contributed by atoms with Crippen molar-refractivity contribution in [2.24, 2.45) is 0 Å². The lowest BCUT2D eigenvalue weighted by molar-refractivity contribution is -0.137. The fraction of sp³-hybridized carbons (Fsp3) is 0.136. The van der Waals surface area contributed by atoms with E-state index in [-0.39, 0.29) is 12.3 Å². The highest BCUT2D eigenvalue weighted by Gasteiger charge is 2.30. The average Bonchev–Trinajstić information content (AvgIpc) is 3.18. The SMILES string of the molecule is COc1ccc(-c2cn3cccnc3n2)cc1NC(=O)Cc1ccc(C(F)(F)F)cc1. The maximum Gasteiger partial charge on any atom is 0.416 e. The van der Waals surface area contributed by atoms with Crippen molar-refractivity contribution in [1.29, 1.82) is 0 Å². The molecule has 0 atom stereocenters. The third-order valence-corrected chi connectivity index (χ3v) is 4.65. The number of carbonyl (C=O) groups excluding carboxylic acids is 1. The summed E-state index contributed by atoms with van der Waals surface area (Å²) >= 11 is 0. The van der Waals surface area contributed by atoms with Gasteiger partial charge in [0.15, 0.2) is 0 Å². The minimum absolute atomic E-state index is 0.0796. The summed E-state index contributed by atoms with van der Waals surface area (Å²) in [5.41, 5.74) is 1.55. The molecule has 0 aliphatic rings. The van der Waals surface area contributed by atoms with Gasteiger partial charge < -0.3 is 10.1 Å². The van der Waals surface area contributed by atoms with Crippen molar-refractivity contribution in [3.63, 3.8) is 0 Å². The molecule has 0 unspecified atom stereocenters. The van der Waals surface area contributed by atoms with Gasteiger partial charge >= 0.3 is 6.18 Å². The first kappa shape index (κ1) is 20.4. The van der Waals surface area contributed by atoms with E-state index in [2.05, 4.69) is 15.3 Å². The Morgan fingerprint density at radius 1 is 1.16 bits per heavy atom. The molecule has 0 saturated carbocycles. The van der Waals surface area contributed by atoms with E-state index >= 15 is 0 Å². The Balaban J connectivity index is 1.54. The smallest absolute Gasteiger partial charge is 0.416 e. The standard InChI is InChI=1S/C22H17F3N4O2/c1-31-19-8-5-15(18-13-29-10-2-9-26-21(29)28-18)12-17(19)27-20(30)11-14-3-6-16(7-4-14)22(23,24)25/h2-10,12-13H,11H2,1H3,(H,27,30). The summed E-state index contributed by atoms with van der Waals surface area (Å²) in [7, 11) is 1.48. The third-order valence-electron chi connectivity index (χ3n) is 4.65. The van der Waals surface area contributed by atoms with Crippen LogP contribution in [0.4, 0.5) is 18.9 Å². The Morgan fingerprint density at radius 2 is 1.94 bits per heavy atom. The first-order valence-corrected chi connectivity index (χ1v) is 9.27. The third kappa shape index (κ3) is 4.50. The maximum absolute atomic E-state index is 12.7. The first-order chi connectivity index (χ1) is 14.8. The number of fused-ring (bicyclic) bond motifs is 1. The van der Waals surface area contributed by atoms with Crippen LogP contribution in [0, 0.1) is 0 Å². The number of methoxy groups -OCH3 is 1. The number of rotatable bonds is 5. The molecule has 2 heterocycles. The molecule has 2 aromatic carbocycles. The molecular formula is C22H17F3N4O2. The van der Waals surface area contributed by atoms with Gasteiger partial charge in [0.25, 0.3) is 0 Å². The number of anilines is 1. The Hall–Kier alpha value is -3.88. The number of benzene rings is 2. The van der Waals surface area contributed by atoms with Crippen molar-refractivity contribution >= 4 is 17.4 Å². The predicted molar refractivity (Wildman–Crippen MR) is 109 cm³/mol. The zero-order valence-electron chi connectivity index (χ0n) is 16.3. The van der Waals surface area contributed by atoms with Crippen LogP contribution in [0.25, 0.3) is 17.0 Å². The molecule has 0 radical (unpaired) electrons. The number of imidazole rings is 1. The molecule has 158 valence electrons. The number of halogens is 3. The molecule has 4 rings (SSSR count). The second-order valence-electron chi connectivity index (χ2n) is 6.79. The summed E-state index contributed by atoms with van der Waals surface area (Å²) < 4.78 is 45.2. The Bertz CT molecular complexity index is 1200. The number of amides is 1. The van der Waals surface area contributed by atoms with Crippen LogP contribution in [0.3, 0.4) is 0 Å². The van der Waals surface area contributed by atoms with Crippen LogP contribution in [0.5, 0.6) is 5.75 Å². The number of carbonyl (C=O) groups is 1. The number of alkyl halides is 3. The molecule has 9 heteroatoms. The monoisotopic (exact) mass is 426 g/mol. The van der Waals surface area contributed by atoms with E-state index in [9.17, 15) is 18.0 Å². The highest BCUT2D eigenvalue weighted by molar-refractivity contribution is 5.94. The van der Waals surface area contributed by atoms with Crippen molar-refractivity contribution in [2.45, 2.75) is 12.6 Å². The molecule has 1 N–H and O–H groups in total. The Kier molecular flexibility index (Phi) is 5.33. The van der Waals surface area contributed by atoms with Gasteiger partial charge in [-0.2, -0.15) is 13.2 Å². The molecule has 6 nitrogen and oxygen atoms in total. The summed E-state index contributed by atoms with van der Waals surface area (Å²) in [5, 5.41) is 2.76. The van der Waals surface area contributed by atoms with E-state index in [1.807, 2.05) is 18.5 Å². The van der Waals surface area contributed by atoms with E-state index in [1.54, 1.807) is 28.8 Å². The number of hydrogen-bond acceptors (Lipinski definition) is 4. The lowest BCUT2D eigenvalue weighted by Gasteiger charge is -2.12. The van der Waals surface area contributed by atoms with E-state index in [0.29, 0.717) is 28.5 Å². The van der Waals surface area contributed by atoms with Crippen LogP contribution in [0.1, 0.15) is 11.1 Å². The normalized spacial score (nSPS) is 11.5. The van der Waals surface area contributed by atoms with Crippen molar-refractivity contribution in [3.8, 4) is 17.0 Å². The fourth-order valence-electron chi connectivity index (χ4n) is 3.13. The molecule has 0 saturated heterocycles. The van der Waals surface area contributed by atoms with Gasteiger partial charge in [0.2, 0.25) is 11.7 Å². The van der Waals surface area contributed by atoms with Crippen LogP contribution in [0.2, 0.25) is 0 Å². The Labute approximate surface area is 175 Å². The number of aromatic nitrogens is 3. The minimum atomic E-state index is -4.41. The molecular weight excluding hydrogens is 409 g/mol. The van der Waals surface area contributed by atoms with Gasteiger partial charge in [0.1, 0.15) is 5.75 Å². The fourth-order valence-corrected chi connectivity index (χ4v) is 3.13. The van der Waals surface area contributed by atoms with Gasteiger partial charge in [-0.1, -0.05) is 12.1 Å². The van der Waals surface area contributed by atoms with Gasteiger partial charge in [-0.3, -0.25) is 9.20 Å². The van der Waals surface area contributed by atoms with Gasteiger partial charge in [-0.25, -0.2) is 9.97 Å². The van der Waals surface area contributed by atoms with E-state index in [1.165, 1.54) is 19.2 Å². The molecule has 0 bridgehead atoms. The second-order valence-corrected chi connectivity index (χ2v) is 6.79. The van der Waals surface area contributed by atoms with Gasteiger partial charge in [0.05, 0.1) is 30.5 Å². The second kappa shape index (κ2) is 8.10. The minimum Gasteiger partial charge on any atom is -0.495 e. The van der Waals surface area contributed by atoms with Crippen LogP contribution in [0.15, 0.2) is 67.1 Å². The number of nitrogens with zero attached hydrogens (tertiary/aromatic N) is 3. The summed E-state index contributed by atoms with van der Waals surface area (Å²) in [6, 6.07) is 11.5. The zero-order chi connectivity index (χ0) is 22.0. The summed E-state index contributed by atoms with van der Waals surface area (Å²) in [6.45, 7) is 0. The summed E-state index contributed by atoms with van der Waals surface area (Å²) in [6.07, 6.45) is 0.798. The average molecular weight is 426 g/mol. The molecule has 31 heavy (non-hydrogen) atoms. The van der Waals surface area contributed by atoms with Crippen LogP contribution in [-0.2, 0) is 17.4 Å². The van der Waals surface area contributed by atoms with Crippen molar-refractivity contribution in [2.75, 3.05) is 12.4 Å². The summed E-state index contributed by atoms with van der Waals surface area (Å²) in [5.74, 6) is 0.611. The predicted octanol–water partition coefficient (Wildman–Crippen LogP) is 4.60. The number of hydrogen-bond donors (Lipinski definition) is 1. The van der Waals surface area contributed by atoms with Crippen molar-refractivity contribution in [3.05, 3.63) is 78.2 Å². The quantitative estimate of drug-likeness (QED) is 0.506. The lowest BCUT2D eigenvalue weighted by Crippen LogP contribution is -2.15. The zero-order valence-corrected chi connectivity index (χ0v) is 16.3. The molecule has 0 aliphatic heterocycles. The topological polar surface area (TPSA) is 68.5 Å². The highest BCUT2D eigenvalue weighted by Crippen LogP contribution is 2.31. The van der Waals surface area contributed by atoms with Crippen LogP contribution >= 0.6 is 0 Å². The number of nitrogens with one attached hydrogen (secondary N) is 1. The van der Waals surface area contributed by atoms with E-state index in [4.69, 9.17) is 4.74 Å². The largest absolute Gasteiger partial charge is 0.495 e. The van der Waals surface area contributed by atoms with E-state index < -0.39 is 11.7 Å². The molecule has 2 aromatic heterocycles. The molecule has 0 aliphatic carbocycles. The Morgan fingerprint density at radius 3 is 2.61 bits per heavy atom. The highest BCUT2D eigenvalue weighted by atomic mass is 19.4. The maximum atomic E-state index is 12.7. The summed E-state index contributed by atoms with van der Waals surface area (Å²) in [4.78, 5) is 21.1. The van der Waals surface area contributed by atoms with E-state index in [0.717, 1.165) is 17.7 Å². The van der Waals surface area contributed by atoms with Gasteiger partial charge in [-0.05, 0) is 42.0 Å². The first-order valence-electron chi connectivity index (χ1n) is 9.27. The lowest BCUT2D eigenvalue weighted by atomic mass is 10.1. The van der Waals surface area contributed by atoms with Gasteiger partial charge in [0, 0.05) is 24.2 Å². The van der Waals surface area contributed by atoms with Gasteiger partial charge in [-0.15, -0.1) is 0 Å².